The molecule has 0 aliphatic heterocycles. The van der Waals surface area contributed by atoms with Crippen LogP contribution >= 0.6 is 11.6 Å². The van der Waals surface area contributed by atoms with Gasteiger partial charge in [0.1, 0.15) is 28.5 Å². The van der Waals surface area contributed by atoms with Crippen molar-refractivity contribution in [3.05, 3.63) is 65.8 Å². The Morgan fingerprint density at radius 2 is 1.88 bits per heavy atom. The number of nitrogens with two attached hydrogens (primary N) is 1. The minimum absolute atomic E-state index is 0.0530. The van der Waals surface area contributed by atoms with E-state index in [9.17, 15) is 8.42 Å². The molecule has 0 saturated heterocycles. The Hall–Kier alpha value is -3.17. The molecule has 0 bridgehead atoms. The number of hydrogen-bond acceptors (Lipinski definition) is 5. The van der Waals surface area contributed by atoms with Crippen molar-refractivity contribution >= 4 is 44.2 Å². The number of hydrogen-bond donors (Lipinski definition) is 2. The van der Waals surface area contributed by atoms with Crippen molar-refractivity contribution in [3.8, 4) is 11.1 Å². The molecule has 170 valence electrons. The summed E-state index contributed by atoms with van der Waals surface area (Å²) in [6.45, 7) is 0. The summed E-state index contributed by atoms with van der Waals surface area (Å²) in [5, 5.41) is 0.713. The molecule has 3 N–H and O–H groups in total. The summed E-state index contributed by atoms with van der Waals surface area (Å²) in [7, 11) is -4.06. The Kier molecular flexibility index (Phi) is 5.46. The number of fused-ring (bicyclic) bond motifs is 1. The zero-order chi connectivity index (χ0) is 23.2. The topological polar surface area (TPSA) is 103 Å². The Morgan fingerprint density at radius 3 is 2.61 bits per heavy atom. The lowest BCUT2D eigenvalue weighted by Crippen LogP contribution is -2.14. The molecule has 33 heavy (non-hydrogen) atoms. The molecule has 2 aromatic carbocycles. The van der Waals surface area contributed by atoms with E-state index in [4.69, 9.17) is 17.3 Å². The summed E-state index contributed by atoms with van der Waals surface area (Å²) < 4.78 is 44.8. The van der Waals surface area contributed by atoms with Crippen LogP contribution < -0.4 is 10.5 Å². The predicted molar refractivity (Wildman–Crippen MR) is 127 cm³/mol. The lowest BCUT2D eigenvalue weighted by molar-refractivity contribution is 0.532. The van der Waals surface area contributed by atoms with Crippen molar-refractivity contribution in [2.75, 3.05) is 10.5 Å². The number of halogens is 2. The highest BCUT2D eigenvalue weighted by Crippen LogP contribution is 2.39. The molecule has 1 aliphatic rings. The molecule has 1 fully saturated rings. The minimum atomic E-state index is -4.06. The van der Waals surface area contributed by atoms with Crippen LogP contribution in [0.5, 0.6) is 0 Å². The first-order valence-electron chi connectivity index (χ1n) is 10.5. The average molecular weight is 486 g/mol. The molecule has 1 aliphatic carbocycles. The fourth-order valence-corrected chi connectivity index (χ4v) is 6.00. The van der Waals surface area contributed by atoms with Crippen molar-refractivity contribution < 1.29 is 12.8 Å². The molecule has 2 heterocycles. The van der Waals surface area contributed by atoms with Gasteiger partial charge in [0.05, 0.1) is 16.1 Å². The number of rotatable bonds is 5. The first-order chi connectivity index (χ1) is 15.8. The second-order valence-electron chi connectivity index (χ2n) is 8.08. The van der Waals surface area contributed by atoms with Gasteiger partial charge in [0, 0.05) is 17.8 Å². The van der Waals surface area contributed by atoms with E-state index in [1.54, 1.807) is 18.2 Å². The molecule has 0 unspecified atom stereocenters. The zero-order valence-corrected chi connectivity index (χ0v) is 19.1. The van der Waals surface area contributed by atoms with E-state index in [0.29, 0.717) is 34.0 Å². The molecule has 0 radical (unpaired) electrons. The molecule has 0 atom stereocenters. The molecule has 2 aromatic heterocycles. The molecule has 5 rings (SSSR count). The third kappa shape index (κ3) is 3.91. The third-order valence-electron chi connectivity index (χ3n) is 6.01. The molecular formula is C23H21ClFN5O2S. The van der Waals surface area contributed by atoms with Crippen LogP contribution in [-0.4, -0.2) is 23.0 Å². The fourth-order valence-electron chi connectivity index (χ4n) is 4.42. The predicted octanol–water partition coefficient (Wildman–Crippen LogP) is 5.39. The van der Waals surface area contributed by atoms with Gasteiger partial charge in [-0.2, -0.15) is 0 Å². The third-order valence-corrected chi connectivity index (χ3v) is 7.87. The standard InChI is InChI=1S/C23H21ClFN5O2S/c24-17-7-3-4-8-20(17)33(31,32)29-19-10-9-14(11-18(19)25)16-12-30(15-5-1-2-6-15)23-21(16)22(26)27-13-28-23/h3-4,7-13,15,29H,1-2,5-6H2,(H2,26,27,28). The number of nitrogen functional groups attached to an aromatic ring is 1. The van der Waals surface area contributed by atoms with Crippen LogP contribution in [0.2, 0.25) is 5.02 Å². The zero-order valence-electron chi connectivity index (χ0n) is 17.5. The van der Waals surface area contributed by atoms with Crippen LogP contribution in [0, 0.1) is 5.82 Å². The number of nitrogens with zero attached hydrogens (tertiary/aromatic N) is 3. The number of benzene rings is 2. The fraction of sp³-hybridized carbons (Fsp3) is 0.217. The van der Waals surface area contributed by atoms with Crippen molar-refractivity contribution in [3.63, 3.8) is 0 Å². The van der Waals surface area contributed by atoms with Crippen molar-refractivity contribution in [2.24, 2.45) is 0 Å². The van der Waals surface area contributed by atoms with Crippen LogP contribution in [0.25, 0.3) is 22.2 Å². The summed E-state index contributed by atoms with van der Waals surface area (Å²) in [5.41, 5.74) is 7.97. The van der Waals surface area contributed by atoms with E-state index in [2.05, 4.69) is 19.3 Å². The monoisotopic (exact) mass is 485 g/mol. The van der Waals surface area contributed by atoms with Crippen molar-refractivity contribution in [1.29, 1.82) is 0 Å². The summed E-state index contributed by atoms with van der Waals surface area (Å²) in [6, 6.07) is 10.6. The van der Waals surface area contributed by atoms with Gasteiger partial charge < -0.3 is 10.3 Å². The van der Waals surface area contributed by atoms with Gasteiger partial charge in [-0.25, -0.2) is 22.8 Å². The van der Waals surface area contributed by atoms with Gasteiger partial charge in [0.2, 0.25) is 0 Å². The van der Waals surface area contributed by atoms with Crippen LogP contribution in [-0.2, 0) is 10.0 Å². The Morgan fingerprint density at radius 1 is 1.12 bits per heavy atom. The number of anilines is 2. The number of sulfonamides is 1. The van der Waals surface area contributed by atoms with Gasteiger partial charge in [-0.1, -0.05) is 42.6 Å². The van der Waals surface area contributed by atoms with E-state index in [-0.39, 0.29) is 15.6 Å². The van der Waals surface area contributed by atoms with Crippen molar-refractivity contribution in [2.45, 2.75) is 36.6 Å². The van der Waals surface area contributed by atoms with Crippen LogP contribution in [0.4, 0.5) is 15.9 Å². The highest BCUT2D eigenvalue weighted by Gasteiger charge is 2.24. The van der Waals surface area contributed by atoms with Crippen molar-refractivity contribution in [1.82, 2.24) is 14.5 Å². The van der Waals surface area contributed by atoms with Crippen LogP contribution in [0.1, 0.15) is 31.7 Å². The first kappa shape index (κ1) is 21.7. The Balaban J connectivity index is 1.55. The number of nitrogens with one attached hydrogen (secondary N) is 1. The molecule has 1 saturated carbocycles. The second-order valence-corrected chi connectivity index (χ2v) is 10.1. The maximum atomic E-state index is 15.1. The van der Waals surface area contributed by atoms with E-state index in [1.165, 1.54) is 30.6 Å². The highest BCUT2D eigenvalue weighted by molar-refractivity contribution is 7.92. The van der Waals surface area contributed by atoms with Gasteiger partial charge in [0.15, 0.2) is 0 Å². The second kappa shape index (κ2) is 8.31. The van der Waals surface area contributed by atoms with Gasteiger partial charge in [-0.05, 0) is 42.7 Å². The summed E-state index contributed by atoms with van der Waals surface area (Å²) in [5.74, 6) is -0.407. The first-order valence-corrected chi connectivity index (χ1v) is 12.4. The maximum absolute atomic E-state index is 15.1. The van der Waals surface area contributed by atoms with Gasteiger partial charge >= 0.3 is 0 Å². The minimum Gasteiger partial charge on any atom is -0.383 e. The maximum Gasteiger partial charge on any atom is 0.263 e. The molecule has 10 heteroatoms. The van der Waals surface area contributed by atoms with E-state index >= 15 is 4.39 Å². The van der Waals surface area contributed by atoms with E-state index in [0.717, 1.165) is 25.7 Å². The summed E-state index contributed by atoms with van der Waals surface area (Å²) in [6.07, 6.45) is 7.76. The Bertz CT molecular complexity index is 1470. The normalized spacial score (nSPS) is 14.7. The van der Waals surface area contributed by atoms with Crippen LogP contribution in [0.3, 0.4) is 0 Å². The smallest absolute Gasteiger partial charge is 0.263 e. The SMILES string of the molecule is Nc1ncnc2c1c(-c1ccc(NS(=O)(=O)c3ccccc3Cl)c(F)c1)cn2C1CCCC1. The highest BCUT2D eigenvalue weighted by atomic mass is 35.5. The largest absolute Gasteiger partial charge is 0.383 e. The van der Waals surface area contributed by atoms with Gasteiger partial charge in [-0.3, -0.25) is 4.72 Å². The summed E-state index contributed by atoms with van der Waals surface area (Å²) >= 11 is 6.01. The average Bonchev–Trinajstić information content (AvgIpc) is 3.44. The number of aromatic nitrogens is 3. The molecule has 7 nitrogen and oxygen atoms in total. The lowest BCUT2D eigenvalue weighted by Gasteiger charge is -2.12. The van der Waals surface area contributed by atoms with E-state index < -0.39 is 15.8 Å². The molecular weight excluding hydrogens is 465 g/mol. The summed E-state index contributed by atoms with van der Waals surface area (Å²) in [4.78, 5) is 8.43. The molecule has 4 aromatic rings. The quantitative estimate of drug-likeness (QED) is 0.394. The van der Waals surface area contributed by atoms with E-state index in [1.807, 2.05) is 6.20 Å². The van der Waals surface area contributed by atoms with Gasteiger partial charge in [0.25, 0.3) is 10.0 Å². The molecule has 0 spiro atoms. The van der Waals surface area contributed by atoms with Crippen LogP contribution in [0.15, 0.2) is 59.9 Å². The lowest BCUT2D eigenvalue weighted by atomic mass is 10.1. The molecule has 0 amide bonds. The Labute approximate surface area is 195 Å². The van der Waals surface area contributed by atoms with Gasteiger partial charge in [-0.15, -0.1) is 0 Å².